The van der Waals surface area contributed by atoms with E-state index in [1.807, 2.05) is 31.1 Å². The molecule has 0 spiro atoms. The third-order valence-corrected chi connectivity index (χ3v) is 3.55. The highest BCUT2D eigenvalue weighted by atomic mass is 35.5. The first-order valence-corrected chi connectivity index (χ1v) is 6.90. The van der Waals surface area contributed by atoms with E-state index >= 15 is 0 Å². The maximum atomic E-state index is 12.1. The number of carbonyl (C=O) groups excluding carboxylic acids is 1. The van der Waals surface area contributed by atoms with Gasteiger partial charge in [0.25, 0.3) is 5.91 Å². The van der Waals surface area contributed by atoms with E-state index in [1.54, 1.807) is 24.5 Å². The number of hydrogen-bond acceptors (Lipinski definition) is 4. The molecule has 0 saturated carbocycles. The van der Waals surface area contributed by atoms with E-state index in [2.05, 4.69) is 5.32 Å². The van der Waals surface area contributed by atoms with Crippen LogP contribution in [0.15, 0.2) is 41.0 Å². The molecule has 2 aromatic rings. The van der Waals surface area contributed by atoms with Crippen LogP contribution < -0.4 is 11.1 Å². The lowest BCUT2D eigenvalue weighted by molar-refractivity contribution is 0.0939. The molecule has 0 aliphatic carbocycles. The number of amides is 1. The van der Waals surface area contributed by atoms with Gasteiger partial charge in [-0.05, 0) is 44.4 Å². The third kappa shape index (κ3) is 3.77. The Bertz CT molecular complexity index is 611. The second-order valence-electron chi connectivity index (χ2n) is 4.94. The summed E-state index contributed by atoms with van der Waals surface area (Å²) in [6.45, 7) is 0.432. The Morgan fingerprint density at radius 3 is 2.76 bits per heavy atom. The SMILES string of the molecule is CN(C)C(CNC(=O)c1ccc(Cl)c(N)c1)c1ccco1. The van der Waals surface area contributed by atoms with E-state index < -0.39 is 0 Å². The van der Waals surface area contributed by atoms with Crippen molar-refractivity contribution in [3.05, 3.63) is 52.9 Å². The minimum absolute atomic E-state index is 0.0337. The van der Waals surface area contributed by atoms with Crippen molar-refractivity contribution in [3.8, 4) is 0 Å². The van der Waals surface area contributed by atoms with E-state index in [4.69, 9.17) is 21.8 Å². The number of hydrogen-bond donors (Lipinski definition) is 2. The van der Waals surface area contributed by atoms with Crippen LogP contribution in [0.1, 0.15) is 22.2 Å². The Morgan fingerprint density at radius 1 is 1.43 bits per heavy atom. The Morgan fingerprint density at radius 2 is 2.19 bits per heavy atom. The molecule has 5 nitrogen and oxygen atoms in total. The molecule has 1 atom stereocenters. The number of halogens is 1. The van der Waals surface area contributed by atoms with E-state index in [9.17, 15) is 4.79 Å². The van der Waals surface area contributed by atoms with Gasteiger partial charge in [0.2, 0.25) is 0 Å². The van der Waals surface area contributed by atoms with Crippen LogP contribution in [-0.2, 0) is 0 Å². The number of nitrogens with zero attached hydrogens (tertiary/aromatic N) is 1. The lowest BCUT2D eigenvalue weighted by Crippen LogP contribution is -2.34. The lowest BCUT2D eigenvalue weighted by atomic mass is 10.1. The molecule has 6 heteroatoms. The minimum Gasteiger partial charge on any atom is -0.468 e. The molecule has 0 saturated heterocycles. The van der Waals surface area contributed by atoms with Crippen LogP contribution in [0.2, 0.25) is 5.02 Å². The molecule has 0 aliphatic heterocycles. The summed E-state index contributed by atoms with van der Waals surface area (Å²) in [5.74, 6) is 0.604. The Balaban J connectivity index is 2.03. The van der Waals surface area contributed by atoms with Crippen LogP contribution in [0.25, 0.3) is 0 Å². The number of likely N-dealkylation sites (N-methyl/N-ethyl adjacent to an activating group) is 1. The summed E-state index contributed by atoms with van der Waals surface area (Å²) >= 11 is 5.85. The van der Waals surface area contributed by atoms with Crippen molar-refractivity contribution in [2.45, 2.75) is 6.04 Å². The molecule has 3 N–H and O–H groups in total. The lowest BCUT2D eigenvalue weighted by Gasteiger charge is -2.22. The molecule has 1 aromatic carbocycles. The van der Waals surface area contributed by atoms with Crippen LogP contribution >= 0.6 is 11.6 Å². The quantitative estimate of drug-likeness (QED) is 0.833. The summed E-state index contributed by atoms with van der Waals surface area (Å²) in [6, 6.07) is 8.50. The highest BCUT2D eigenvalue weighted by Gasteiger charge is 2.18. The predicted molar refractivity (Wildman–Crippen MR) is 83.3 cm³/mol. The fourth-order valence-corrected chi connectivity index (χ4v) is 2.11. The zero-order valence-corrected chi connectivity index (χ0v) is 12.7. The summed E-state index contributed by atoms with van der Waals surface area (Å²) in [5.41, 5.74) is 6.57. The predicted octanol–water partition coefficient (Wildman–Crippen LogP) is 2.55. The van der Waals surface area contributed by atoms with Crippen molar-refractivity contribution in [2.24, 2.45) is 0 Å². The summed E-state index contributed by atoms with van der Waals surface area (Å²) in [6.07, 6.45) is 1.62. The average molecular weight is 308 g/mol. The number of carbonyl (C=O) groups is 1. The zero-order chi connectivity index (χ0) is 15.4. The number of nitrogens with one attached hydrogen (secondary N) is 1. The fourth-order valence-electron chi connectivity index (χ4n) is 1.99. The van der Waals surface area contributed by atoms with E-state index in [1.165, 1.54) is 0 Å². The van der Waals surface area contributed by atoms with Gasteiger partial charge >= 0.3 is 0 Å². The smallest absolute Gasteiger partial charge is 0.251 e. The van der Waals surface area contributed by atoms with Gasteiger partial charge in [0.15, 0.2) is 0 Å². The van der Waals surface area contributed by atoms with Crippen molar-refractivity contribution in [1.29, 1.82) is 0 Å². The molecule has 112 valence electrons. The van der Waals surface area contributed by atoms with Crippen LogP contribution in [0.4, 0.5) is 5.69 Å². The van der Waals surface area contributed by atoms with Gasteiger partial charge in [-0.25, -0.2) is 0 Å². The molecule has 1 unspecified atom stereocenters. The topological polar surface area (TPSA) is 71.5 Å². The number of anilines is 1. The molecule has 1 heterocycles. The zero-order valence-electron chi connectivity index (χ0n) is 12.0. The van der Waals surface area contributed by atoms with Crippen molar-refractivity contribution >= 4 is 23.2 Å². The molecule has 0 radical (unpaired) electrons. The summed E-state index contributed by atoms with van der Waals surface area (Å²) in [4.78, 5) is 14.1. The monoisotopic (exact) mass is 307 g/mol. The number of rotatable bonds is 5. The molecular weight excluding hydrogens is 290 g/mol. The maximum Gasteiger partial charge on any atom is 0.251 e. The summed E-state index contributed by atoms with van der Waals surface area (Å²) < 4.78 is 5.40. The minimum atomic E-state index is -0.197. The Labute approximate surface area is 128 Å². The average Bonchev–Trinajstić information content (AvgIpc) is 2.95. The first kappa shape index (κ1) is 15.4. The number of nitrogen functional groups attached to an aromatic ring is 1. The molecular formula is C15H18ClN3O2. The standard InChI is InChI=1S/C15H18ClN3O2/c1-19(2)13(14-4-3-7-21-14)9-18-15(20)10-5-6-11(16)12(17)8-10/h3-8,13H,9,17H2,1-2H3,(H,18,20). The molecule has 1 amide bonds. The molecule has 1 aromatic heterocycles. The van der Waals surface area contributed by atoms with Gasteiger partial charge in [-0.2, -0.15) is 0 Å². The Hall–Kier alpha value is -1.98. The van der Waals surface area contributed by atoms with Crippen LogP contribution in [-0.4, -0.2) is 31.4 Å². The highest BCUT2D eigenvalue weighted by molar-refractivity contribution is 6.33. The highest BCUT2D eigenvalue weighted by Crippen LogP contribution is 2.20. The number of benzene rings is 1. The summed E-state index contributed by atoms with van der Waals surface area (Å²) in [5, 5.41) is 3.31. The second-order valence-corrected chi connectivity index (χ2v) is 5.35. The van der Waals surface area contributed by atoms with Crippen molar-refractivity contribution < 1.29 is 9.21 Å². The van der Waals surface area contributed by atoms with Gasteiger partial charge in [0.05, 0.1) is 23.0 Å². The van der Waals surface area contributed by atoms with Gasteiger partial charge in [0.1, 0.15) is 5.76 Å². The van der Waals surface area contributed by atoms with Gasteiger partial charge in [-0.1, -0.05) is 11.6 Å². The van der Waals surface area contributed by atoms with Gasteiger partial charge < -0.3 is 15.5 Å². The van der Waals surface area contributed by atoms with E-state index in [0.29, 0.717) is 22.8 Å². The van der Waals surface area contributed by atoms with Gasteiger partial charge in [-0.15, -0.1) is 0 Å². The summed E-state index contributed by atoms with van der Waals surface area (Å²) in [7, 11) is 3.86. The van der Waals surface area contributed by atoms with E-state index in [0.717, 1.165) is 5.76 Å². The number of nitrogens with two attached hydrogens (primary N) is 1. The molecule has 0 aliphatic rings. The normalized spacial score (nSPS) is 12.4. The largest absolute Gasteiger partial charge is 0.468 e. The van der Waals surface area contributed by atoms with Crippen molar-refractivity contribution in [1.82, 2.24) is 10.2 Å². The first-order valence-electron chi connectivity index (χ1n) is 6.52. The van der Waals surface area contributed by atoms with Crippen LogP contribution in [0.3, 0.4) is 0 Å². The second kappa shape index (κ2) is 6.65. The number of furan rings is 1. The van der Waals surface area contributed by atoms with Crippen molar-refractivity contribution in [3.63, 3.8) is 0 Å². The first-order chi connectivity index (χ1) is 9.99. The van der Waals surface area contributed by atoms with Crippen LogP contribution in [0.5, 0.6) is 0 Å². The fraction of sp³-hybridized carbons (Fsp3) is 0.267. The van der Waals surface area contributed by atoms with Crippen molar-refractivity contribution in [2.75, 3.05) is 26.4 Å². The molecule has 0 fully saturated rings. The third-order valence-electron chi connectivity index (χ3n) is 3.21. The maximum absolute atomic E-state index is 12.1. The van der Waals surface area contributed by atoms with Gasteiger partial charge in [-0.3, -0.25) is 9.69 Å². The van der Waals surface area contributed by atoms with Crippen LogP contribution in [0, 0.1) is 0 Å². The van der Waals surface area contributed by atoms with Gasteiger partial charge in [0, 0.05) is 12.1 Å². The molecule has 21 heavy (non-hydrogen) atoms. The Kier molecular flexibility index (Phi) is 4.88. The molecule has 2 rings (SSSR count). The van der Waals surface area contributed by atoms with E-state index in [-0.39, 0.29) is 11.9 Å². The molecule has 0 bridgehead atoms.